The van der Waals surface area contributed by atoms with Gasteiger partial charge >= 0.3 is 0 Å². The van der Waals surface area contributed by atoms with E-state index in [4.69, 9.17) is 9.47 Å². The molecular formula is C17H24N4O4. The predicted octanol–water partition coefficient (Wildman–Crippen LogP) is 0.241. The molecule has 1 aromatic heterocycles. The van der Waals surface area contributed by atoms with Crippen molar-refractivity contribution >= 4 is 5.91 Å². The van der Waals surface area contributed by atoms with Crippen LogP contribution in [0, 0.1) is 11.8 Å². The first-order valence-electron chi connectivity index (χ1n) is 9.28. The molecule has 25 heavy (non-hydrogen) atoms. The van der Waals surface area contributed by atoms with Crippen LogP contribution in [-0.2, 0) is 9.47 Å². The number of hydrogen-bond donors (Lipinski definition) is 1. The van der Waals surface area contributed by atoms with E-state index >= 15 is 0 Å². The van der Waals surface area contributed by atoms with Gasteiger partial charge in [-0.3, -0.25) is 4.79 Å². The number of morpholine rings is 1. The first kappa shape index (κ1) is 15.7. The summed E-state index contributed by atoms with van der Waals surface area (Å²) in [6.45, 7) is 2.55. The van der Waals surface area contributed by atoms with E-state index in [0.29, 0.717) is 50.4 Å². The number of aliphatic hydroxyl groups is 1. The Morgan fingerprint density at radius 2 is 2.00 bits per heavy atom. The van der Waals surface area contributed by atoms with Gasteiger partial charge in [-0.05, 0) is 37.5 Å². The summed E-state index contributed by atoms with van der Waals surface area (Å²) in [7, 11) is 0. The lowest BCUT2D eigenvalue weighted by atomic mass is 9.89. The minimum atomic E-state index is -0.606. The molecule has 136 valence electrons. The van der Waals surface area contributed by atoms with Gasteiger partial charge < -0.3 is 19.5 Å². The number of carbonyl (C=O) groups is 1. The van der Waals surface area contributed by atoms with Crippen LogP contribution < -0.4 is 0 Å². The largest absolute Gasteiger partial charge is 0.388 e. The second kappa shape index (κ2) is 5.75. The van der Waals surface area contributed by atoms with Gasteiger partial charge in [0, 0.05) is 6.54 Å². The Kier molecular flexibility index (Phi) is 3.62. The van der Waals surface area contributed by atoms with Crippen LogP contribution in [0.25, 0.3) is 0 Å². The number of rotatable bonds is 4. The predicted molar refractivity (Wildman–Crippen MR) is 85.9 cm³/mol. The molecule has 2 aliphatic carbocycles. The minimum absolute atomic E-state index is 0.0892. The maximum atomic E-state index is 12.9. The lowest BCUT2D eigenvalue weighted by Gasteiger charge is -2.43. The molecule has 0 bridgehead atoms. The first-order chi connectivity index (χ1) is 12.2. The monoisotopic (exact) mass is 348 g/mol. The van der Waals surface area contributed by atoms with E-state index < -0.39 is 6.10 Å². The van der Waals surface area contributed by atoms with Crippen LogP contribution in [-0.4, -0.2) is 75.5 Å². The normalized spacial score (nSPS) is 32.1. The van der Waals surface area contributed by atoms with Gasteiger partial charge in [-0.15, -0.1) is 5.10 Å². The van der Waals surface area contributed by atoms with Gasteiger partial charge in [-0.1, -0.05) is 5.21 Å². The zero-order valence-corrected chi connectivity index (χ0v) is 14.2. The maximum absolute atomic E-state index is 12.9. The number of aliphatic hydroxyl groups excluding tert-OH is 1. The molecule has 0 unspecified atom stereocenters. The highest BCUT2D eigenvalue weighted by Gasteiger charge is 2.57. The molecule has 4 aliphatic rings. The topological polar surface area (TPSA) is 89.7 Å². The summed E-state index contributed by atoms with van der Waals surface area (Å²) in [5, 5.41) is 18.0. The molecule has 0 spiro atoms. The fraction of sp³-hybridized carbons (Fsp3) is 0.824. The van der Waals surface area contributed by atoms with Crippen LogP contribution in [0.5, 0.6) is 0 Å². The minimum Gasteiger partial charge on any atom is -0.388 e. The molecular weight excluding hydrogens is 324 g/mol. The van der Waals surface area contributed by atoms with Crippen molar-refractivity contribution in [2.24, 2.45) is 11.8 Å². The summed E-state index contributed by atoms with van der Waals surface area (Å²) in [6, 6.07) is -0.268. The van der Waals surface area contributed by atoms with Crippen molar-refractivity contribution in [3.05, 3.63) is 11.9 Å². The van der Waals surface area contributed by atoms with E-state index in [9.17, 15) is 9.90 Å². The van der Waals surface area contributed by atoms with Crippen LogP contribution in [0.4, 0.5) is 0 Å². The number of hydrogen-bond acceptors (Lipinski definition) is 6. The molecule has 5 rings (SSSR count). The van der Waals surface area contributed by atoms with Gasteiger partial charge in [-0.25, -0.2) is 4.68 Å². The smallest absolute Gasteiger partial charge is 0.276 e. The first-order valence-corrected chi connectivity index (χ1v) is 9.28. The Hall–Kier alpha value is -1.51. The number of ether oxygens (including phenoxy) is 2. The average molecular weight is 348 g/mol. The summed E-state index contributed by atoms with van der Waals surface area (Å²) in [4.78, 5) is 14.8. The second-order valence-electron chi connectivity index (χ2n) is 7.83. The van der Waals surface area contributed by atoms with E-state index in [2.05, 4.69) is 10.3 Å². The number of aromatic nitrogens is 3. The molecule has 2 saturated carbocycles. The molecule has 1 aromatic rings. The highest BCUT2D eigenvalue weighted by molar-refractivity contribution is 5.92. The molecule has 0 radical (unpaired) electrons. The highest BCUT2D eigenvalue weighted by Crippen LogP contribution is 2.55. The summed E-state index contributed by atoms with van der Waals surface area (Å²) in [5.74, 6) is 1.13. The fourth-order valence-electron chi connectivity index (χ4n) is 4.40. The number of carbonyl (C=O) groups excluding carboxylic acids is 1. The van der Waals surface area contributed by atoms with Crippen molar-refractivity contribution in [2.45, 2.75) is 43.4 Å². The summed E-state index contributed by atoms with van der Waals surface area (Å²) in [6.07, 6.45) is 5.90. The molecule has 1 amide bonds. The zero-order valence-electron chi connectivity index (χ0n) is 14.2. The van der Waals surface area contributed by atoms with Crippen molar-refractivity contribution in [2.75, 3.05) is 32.9 Å². The summed E-state index contributed by atoms with van der Waals surface area (Å²) < 4.78 is 13.1. The second-order valence-corrected chi connectivity index (χ2v) is 7.83. The van der Waals surface area contributed by atoms with E-state index in [1.807, 2.05) is 4.90 Å². The number of nitrogens with zero attached hydrogens (tertiary/aromatic N) is 4. The number of amides is 1. The van der Waals surface area contributed by atoms with E-state index in [1.54, 1.807) is 10.9 Å². The maximum Gasteiger partial charge on any atom is 0.276 e. The van der Waals surface area contributed by atoms with E-state index in [1.165, 1.54) is 25.7 Å². The van der Waals surface area contributed by atoms with E-state index in [0.717, 1.165) is 0 Å². The molecule has 2 aliphatic heterocycles. The quantitative estimate of drug-likeness (QED) is 0.838. The lowest BCUT2D eigenvalue weighted by molar-refractivity contribution is -0.126. The molecule has 1 N–H and O–H groups in total. The van der Waals surface area contributed by atoms with Crippen LogP contribution in [0.3, 0.4) is 0 Å². The fourth-order valence-corrected chi connectivity index (χ4v) is 4.40. The Morgan fingerprint density at radius 1 is 1.24 bits per heavy atom. The van der Waals surface area contributed by atoms with Gasteiger partial charge in [-0.2, -0.15) is 0 Å². The van der Waals surface area contributed by atoms with Gasteiger partial charge in [0.05, 0.1) is 38.2 Å². The SMILES string of the molecule is O=C(c1cn([C@@H]2COC[C@H]2O)nn1)N1CCOC(C2CC2)(C2CC2)C1. The van der Waals surface area contributed by atoms with Gasteiger partial charge in [0.25, 0.3) is 5.91 Å². The molecule has 2 atom stereocenters. The van der Waals surface area contributed by atoms with Crippen molar-refractivity contribution < 1.29 is 19.4 Å². The Morgan fingerprint density at radius 3 is 2.64 bits per heavy atom. The van der Waals surface area contributed by atoms with Crippen LogP contribution in [0.2, 0.25) is 0 Å². The van der Waals surface area contributed by atoms with E-state index in [-0.39, 0.29) is 17.6 Å². The third-order valence-corrected chi connectivity index (χ3v) is 6.08. The Labute approximate surface area is 146 Å². The van der Waals surface area contributed by atoms with Crippen molar-refractivity contribution in [1.82, 2.24) is 19.9 Å². The van der Waals surface area contributed by atoms with Crippen molar-refractivity contribution in [3.8, 4) is 0 Å². The third kappa shape index (κ3) is 2.67. The zero-order chi connectivity index (χ0) is 17.0. The third-order valence-electron chi connectivity index (χ3n) is 6.08. The van der Waals surface area contributed by atoms with Crippen LogP contribution in [0.15, 0.2) is 6.20 Å². The van der Waals surface area contributed by atoms with Gasteiger partial charge in [0.15, 0.2) is 5.69 Å². The van der Waals surface area contributed by atoms with Crippen molar-refractivity contribution in [1.29, 1.82) is 0 Å². The molecule has 2 saturated heterocycles. The highest BCUT2D eigenvalue weighted by atomic mass is 16.5. The van der Waals surface area contributed by atoms with Gasteiger partial charge in [0.2, 0.25) is 0 Å². The molecule has 8 heteroatoms. The Balaban J connectivity index is 1.33. The summed E-state index contributed by atoms with van der Waals surface area (Å²) >= 11 is 0. The molecule has 3 heterocycles. The van der Waals surface area contributed by atoms with Crippen LogP contribution >= 0.6 is 0 Å². The molecule has 4 fully saturated rings. The standard InChI is InChI=1S/C17H24N4O4/c22-15-9-24-8-14(15)21-7-13(18-19-21)16(23)20-5-6-25-17(10-20,11-1-2-11)12-3-4-12/h7,11-12,14-15,22H,1-6,8-10H2/t14-,15-/m1/s1. The summed E-state index contributed by atoms with van der Waals surface area (Å²) in [5.41, 5.74) is 0.209. The lowest BCUT2D eigenvalue weighted by Crippen LogP contribution is -2.56. The van der Waals surface area contributed by atoms with Crippen molar-refractivity contribution in [3.63, 3.8) is 0 Å². The average Bonchev–Trinajstić information content (AvgIpc) is 3.55. The molecule has 8 nitrogen and oxygen atoms in total. The van der Waals surface area contributed by atoms with Crippen LogP contribution in [0.1, 0.15) is 42.2 Å². The molecule has 0 aromatic carbocycles. The Bertz CT molecular complexity index is 657. The van der Waals surface area contributed by atoms with Gasteiger partial charge in [0.1, 0.15) is 12.1 Å².